The maximum Gasteiger partial charge on any atom is 0.296 e. The molecule has 0 radical (unpaired) electrons. The first-order chi connectivity index (χ1) is 10.3. The highest BCUT2D eigenvalue weighted by atomic mass is 16.7. The Morgan fingerprint density at radius 3 is 2.95 bits per heavy atom. The molecule has 1 aliphatic heterocycles. The smallest absolute Gasteiger partial charge is 0.296 e. The Balaban J connectivity index is 1.58. The zero-order chi connectivity index (χ0) is 14.2. The average Bonchev–Trinajstić information content (AvgIpc) is 3.11. The molecular weight excluding hydrogens is 266 g/mol. The van der Waals surface area contributed by atoms with E-state index < -0.39 is 0 Å². The number of carbonyl (C=O) groups excluding carboxylic acids is 1. The number of fused-ring (bicyclic) bond motifs is 3. The fourth-order valence-electron chi connectivity index (χ4n) is 2.60. The van der Waals surface area contributed by atoms with Gasteiger partial charge < -0.3 is 4.98 Å². The summed E-state index contributed by atoms with van der Waals surface area (Å²) in [6.45, 7) is 0.806. The Kier molecular flexibility index (Phi) is 2.72. The number of nitrogens with zero attached hydrogens (tertiary/aromatic N) is 2. The monoisotopic (exact) mass is 279 g/mol. The largest absolute Gasteiger partial charge is 0.360 e. The van der Waals surface area contributed by atoms with Gasteiger partial charge in [-0.2, -0.15) is 0 Å². The van der Waals surface area contributed by atoms with Crippen LogP contribution in [0.2, 0.25) is 0 Å². The Morgan fingerprint density at radius 1 is 1.24 bits per heavy atom. The molecule has 104 valence electrons. The van der Waals surface area contributed by atoms with Crippen molar-refractivity contribution in [1.82, 2.24) is 15.0 Å². The number of hydroxylamine groups is 2. The lowest BCUT2D eigenvalue weighted by atomic mass is 10.1. The second kappa shape index (κ2) is 4.71. The predicted molar refractivity (Wildman–Crippen MR) is 77.2 cm³/mol. The summed E-state index contributed by atoms with van der Waals surface area (Å²) >= 11 is 0. The van der Waals surface area contributed by atoms with Crippen LogP contribution in [0.3, 0.4) is 0 Å². The molecule has 4 rings (SSSR count). The summed E-state index contributed by atoms with van der Waals surface area (Å²) in [7, 11) is 0. The Labute approximate surface area is 121 Å². The normalized spacial score (nSPS) is 13.9. The Bertz CT molecular complexity index is 811. The van der Waals surface area contributed by atoms with Gasteiger partial charge in [-0.15, -0.1) is 0 Å². The van der Waals surface area contributed by atoms with Crippen molar-refractivity contribution < 1.29 is 9.63 Å². The molecule has 1 N–H and O–H groups in total. The van der Waals surface area contributed by atoms with E-state index in [0.29, 0.717) is 18.8 Å². The van der Waals surface area contributed by atoms with Gasteiger partial charge in [-0.05, 0) is 11.6 Å². The minimum absolute atomic E-state index is 0.177. The topological polar surface area (TPSA) is 58.2 Å². The van der Waals surface area contributed by atoms with Gasteiger partial charge in [0.15, 0.2) is 0 Å². The first kappa shape index (κ1) is 12.1. The molecule has 21 heavy (non-hydrogen) atoms. The minimum Gasteiger partial charge on any atom is -0.360 e. The zero-order valence-electron chi connectivity index (χ0n) is 11.2. The van der Waals surface area contributed by atoms with Crippen molar-refractivity contribution in [2.24, 2.45) is 0 Å². The Morgan fingerprint density at radius 2 is 2.10 bits per heavy atom. The van der Waals surface area contributed by atoms with Gasteiger partial charge in [0.2, 0.25) is 0 Å². The molecule has 0 aliphatic carbocycles. The first-order valence-corrected chi connectivity index (χ1v) is 6.76. The molecule has 3 aromatic rings. The average molecular weight is 279 g/mol. The van der Waals surface area contributed by atoms with E-state index >= 15 is 0 Å². The fourth-order valence-corrected chi connectivity index (χ4v) is 2.60. The van der Waals surface area contributed by atoms with Crippen molar-refractivity contribution in [1.29, 1.82) is 0 Å². The van der Waals surface area contributed by atoms with Gasteiger partial charge in [-0.3, -0.25) is 9.63 Å². The summed E-state index contributed by atoms with van der Waals surface area (Å²) < 4.78 is 0. The first-order valence-electron chi connectivity index (χ1n) is 6.76. The van der Waals surface area contributed by atoms with Crippen molar-refractivity contribution in [2.45, 2.75) is 13.2 Å². The molecule has 5 nitrogen and oxygen atoms in total. The lowest BCUT2D eigenvalue weighted by Gasteiger charge is -2.14. The number of aromatic amines is 1. The van der Waals surface area contributed by atoms with E-state index in [-0.39, 0.29) is 5.91 Å². The van der Waals surface area contributed by atoms with E-state index in [1.807, 2.05) is 42.6 Å². The van der Waals surface area contributed by atoms with Crippen molar-refractivity contribution in [3.8, 4) is 0 Å². The van der Waals surface area contributed by atoms with Gasteiger partial charge in [0.1, 0.15) is 12.3 Å². The van der Waals surface area contributed by atoms with Crippen molar-refractivity contribution in [3.05, 3.63) is 65.6 Å². The zero-order valence-corrected chi connectivity index (χ0v) is 11.2. The number of hydrogen-bond acceptors (Lipinski definition) is 3. The van der Waals surface area contributed by atoms with Gasteiger partial charge in [-0.1, -0.05) is 30.3 Å². The van der Waals surface area contributed by atoms with E-state index in [2.05, 4.69) is 9.97 Å². The van der Waals surface area contributed by atoms with Crippen LogP contribution in [-0.4, -0.2) is 20.9 Å². The van der Waals surface area contributed by atoms with Crippen LogP contribution in [0.15, 0.2) is 48.8 Å². The van der Waals surface area contributed by atoms with Crippen molar-refractivity contribution >= 4 is 16.8 Å². The second-order valence-electron chi connectivity index (χ2n) is 4.99. The molecular formula is C16H13N3O2. The van der Waals surface area contributed by atoms with Crippen LogP contribution in [0.1, 0.15) is 21.6 Å². The third-order valence-corrected chi connectivity index (χ3v) is 3.67. The molecule has 1 amide bonds. The summed E-state index contributed by atoms with van der Waals surface area (Å²) in [6, 6.07) is 11.7. The number of hydrogen-bond donors (Lipinski definition) is 1. The van der Waals surface area contributed by atoms with Gasteiger partial charge in [0.25, 0.3) is 5.91 Å². The maximum atomic E-state index is 12.3. The lowest BCUT2D eigenvalue weighted by Crippen LogP contribution is -2.24. The van der Waals surface area contributed by atoms with E-state index in [0.717, 1.165) is 22.0 Å². The van der Waals surface area contributed by atoms with Gasteiger partial charge in [0, 0.05) is 17.1 Å². The summed E-state index contributed by atoms with van der Waals surface area (Å²) in [4.78, 5) is 25.3. The Hall–Kier alpha value is -2.66. The summed E-state index contributed by atoms with van der Waals surface area (Å²) in [5.41, 5.74) is 3.37. The number of benzene rings is 1. The molecule has 2 aromatic heterocycles. The van der Waals surface area contributed by atoms with Crippen LogP contribution in [-0.2, 0) is 18.0 Å². The van der Waals surface area contributed by atoms with Crippen LogP contribution in [0.5, 0.6) is 0 Å². The van der Waals surface area contributed by atoms with E-state index in [1.54, 1.807) is 6.20 Å². The fraction of sp³-hybridized carbons (Fsp3) is 0.125. The number of amides is 1. The maximum absolute atomic E-state index is 12.3. The number of pyridine rings is 1. The molecule has 0 saturated carbocycles. The second-order valence-corrected chi connectivity index (χ2v) is 4.99. The van der Waals surface area contributed by atoms with E-state index in [1.165, 1.54) is 5.06 Å². The molecule has 3 heterocycles. The summed E-state index contributed by atoms with van der Waals surface area (Å²) in [6.07, 6.45) is 3.54. The van der Waals surface area contributed by atoms with Crippen molar-refractivity contribution in [2.75, 3.05) is 0 Å². The standard InChI is InChI=1S/C16H13N3O2/c20-16-15-13(12-6-7-17-14(12)8-18-15)9-19(16)21-10-11-4-2-1-3-5-11/h1-8,17H,9-10H2. The molecule has 0 fully saturated rings. The third-order valence-electron chi connectivity index (χ3n) is 3.67. The summed E-state index contributed by atoms with van der Waals surface area (Å²) in [5.74, 6) is -0.177. The van der Waals surface area contributed by atoms with E-state index in [9.17, 15) is 4.79 Å². The minimum atomic E-state index is -0.177. The van der Waals surface area contributed by atoms with Crippen LogP contribution in [0.4, 0.5) is 0 Å². The highest BCUT2D eigenvalue weighted by Crippen LogP contribution is 2.28. The highest BCUT2D eigenvalue weighted by molar-refractivity contribution is 6.01. The number of H-pyrrole nitrogens is 1. The SMILES string of the molecule is O=C1c2ncc3[nH]ccc3c2CN1OCc1ccccc1. The highest BCUT2D eigenvalue weighted by Gasteiger charge is 2.31. The molecule has 0 spiro atoms. The number of aromatic nitrogens is 2. The molecule has 0 saturated heterocycles. The molecule has 1 aromatic carbocycles. The quantitative estimate of drug-likeness (QED) is 0.802. The summed E-state index contributed by atoms with van der Waals surface area (Å²) in [5, 5.41) is 2.41. The third kappa shape index (κ3) is 1.98. The molecule has 0 atom stereocenters. The number of carbonyl (C=O) groups is 1. The van der Waals surface area contributed by atoms with Crippen LogP contribution in [0, 0.1) is 0 Å². The van der Waals surface area contributed by atoms with Crippen LogP contribution in [0.25, 0.3) is 10.9 Å². The van der Waals surface area contributed by atoms with Crippen LogP contribution < -0.4 is 0 Å². The lowest BCUT2D eigenvalue weighted by molar-refractivity contribution is -0.134. The van der Waals surface area contributed by atoms with Crippen molar-refractivity contribution in [3.63, 3.8) is 0 Å². The van der Waals surface area contributed by atoms with Gasteiger partial charge >= 0.3 is 0 Å². The predicted octanol–water partition coefficient (Wildman–Crippen LogP) is 2.65. The van der Waals surface area contributed by atoms with E-state index in [4.69, 9.17) is 4.84 Å². The molecule has 5 heteroatoms. The molecule has 1 aliphatic rings. The molecule has 0 bridgehead atoms. The number of nitrogens with one attached hydrogen (secondary N) is 1. The molecule has 0 unspecified atom stereocenters. The van der Waals surface area contributed by atoms with Crippen LogP contribution >= 0.6 is 0 Å². The van der Waals surface area contributed by atoms with Gasteiger partial charge in [0.05, 0.1) is 18.3 Å². The van der Waals surface area contributed by atoms with Gasteiger partial charge in [-0.25, -0.2) is 10.0 Å². The number of rotatable bonds is 3.